The minimum absolute atomic E-state index is 0.0613. The van der Waals surface area contributed by atoms with Crippen molar-refractivity contribution in [1.29, 1.82) is 0 Å². The second-order valence-electron chi connectivity index (χ2n) is 7.89. The summed E-state index contributed by atoms with van der Waals surface area (Å²) in [5, 5.41) is 4.77. The molecule has 1 aromatic rings. The van der Waals surface area contributed by atoms with Crippen LogP contribution in [-0.4, -0.2) is 31.1 Å². The van der Waals surface area contributed by atoms with E-state index in [2.05, 4.69) is 10.6 Å². The SMILES string of the molecule is O=C(NCC(c1ccccc1)C(F)(F)F)C(=O)NCC12CC3CC1C2C3. The number of nitrogens with one attached hydrogen (secondary N) is 2. The third kappa shape index (κ3) is 2.87. The van der Waals surface area contributed by atoms with Crippen molar-refractivity contribution in [2.24, 2.45) is 23.2 Å². The molecule has 0 heterocycles. The lowest BCUT2D eigenvalue weighted by Gasteiger charge is -2.21. The highest BCUT2D eigenvalue weighted by molar-refractivity contribution is 6.35. The summed E-state index contributed by atoms with van der Waals surface area (Å²) < 4.78 is 39.8. The van der Waals surface area contributed by atoms with Gasteiger partial charge in [0.1, 0.15) is 0 Å². The van der Waals surface area contributed by atoms with Crippen molar-refractivity contribution in [3.8, 4) is 0 Å². The second-order valence-corrected chi connectivity index (χ2v) is 7.89. The number of carbonyl (C=O) groups excluding carboxylic acids is 2. The molecule has 0 spiro atoms. The van der Waals surface area contributed by atoms with Gasteiger partial charge in [-0.2, -0.15) is 13.2 Å². The van der Waals surface area contributed by atoms with Crippen molar-refractivity contribution in [2.45, 2.75) is 31.4 Å². The zero-order valence-corrected chi connectivity index (χ0v) is 14.2. The van der Waals surface area contributed by atoms with Gasteiger partial charge in [0, 0.05) is 13.1 Å². The molecule has 4 saturated carbocycles. The number of rotatable bonds is 5. The van der Waals surface area contributed by atoms with E-state index in [0.29, 0.717) is 18.4 Å². The van der Waals surface area contributed by atoms with Gasteiger partial charge in [0.05, 0.1) is 5.92 Å². The molecule has 4 aliphatic rings. The molecule has 140 valence electrons. The van der Waals surface area contributed by atoms with Gasteiger partial charge < -0.3 is 10.6 Å². The summed E-state index contributed by atoms with van der Waals surface area (Å²) in [6, 6.07) is 7.38. The van der Waals surface area contributed by atoms with E-state index in [1.807, 2.05) is 0 Å². The largest absolute Gasteiger partial charge is 0.397 e. The molecule has 4 fully saturated rings. The average Bonchev–Trinajstić information content (AvgIpc) is 3.04. The molecule has 4 nitrogen and oxygen atoms in total. The average molecular weight is 366 g/mol. The van der Waals surface area contributed by atoms with Crippen LogP contribution in [0, 0.1) is 23.2 Å². The zero-order chi connectivity index (χ0) is 18.5. The molecule has 2 amide bonds. The summed E-state index contributed by atoms with van der Waals surface area (Å²) in [7, 11) is 0. The molecule has 7 heteroatoms. The third-order valence-electron chi connectivity index (χ3n) is 6.54. The van der Waals surface area contributed by atoms with Crippen LogP contribution in [0.1, 0.15) is 30.7 Å². The highest BCUT2D eigenvalue weighted by atomic mass is 19.4. The number of hydrogen-bond donors (Lipinski definition) is 2. The fourth-order valence-corrected chi connectivity index (χ4v) is 5.33. The predicted molar refractivity (Wildman–Crippen MR) is 88.0 cm³/mol. The summed E-state index contributed by atoms with van der Waals surface area (Å²) in [4.78, 5) is 23.9. The van der Waals surface area contributed by atoms with Crippen molar-refractivity contribution in [3.05, 3.63) is 35.9 Å². The quantitative estimate of drug-likeness (QED) is 0.787. The number of alkyl halides is 3. The Morgan fingerprint density at radius 1 is 1.08 bits per heavy atom. The van der Waals surface area contributed by atoms with Gasteiger partial charge >= 0.3 is 18.0 Å². The Balaban J connectivity index is 1.30. The molecular weight excluding hydrogens is 345 g/mol. The van der Waals surface area contributed by atoms with Crippen LogP contribution in [0.5, 0.6) is 0 Å². The molecule has 0 aromatic heterocycles. The molecule has 4 aliphatic carbocycles. The van der Waals surface area contributed by atoms with E-state index in [-0.39, 0.29) is 11.0 Å². The standard InChI is InChI=1S/C19H21F3N2O2/c20-19(21,22)15(12-4-2-1-3-5-12)9-23-16(25)17(26)24-10-18-8-11-6-13(18)14(18)7-11/h1-5,11,13-15H,6-10H2,(H,23,25)(H,24,26). The number of benzene rings is 1. The first-order chi connectivity index (χ1) is 12.3. The van der Waals surface area contributed by atoms with E-state index in [9.17, 15) is 22.8 Å². The van der Waals surface area contributed by atoms with Crippen LogP contribution < -0.4 is 10.6 Å². The topological polar surface area (TPSA) is 58.2 Å². The Morgan fingerprint density at radius 2 is 1.69 bits per heavy atom. The van der Waals surface area contributed by atoms with E-state index >= 15 is 0 Å². The molecule has 4 bridgehead atoms. The van der Waals surface area contributed by atoms with E-state index in [1.165, 1.54) is 37.1 Å². The number of hydrogen-bond acceptors (Lipinski definition) is 2. The van der Waals surface area contributed by atoms with E-state index < -0.39 is 30.5 Å². The molecule has 0 radical (unpaired) electrons. The van der Waals surface area contributed by atoms with Gasteiger partial charge in [0.25, 0.3) is 0 Å². The smallest absolute Gasteiger partial charge is 0.347 e. The van der Waals surface area contributed by atoms with Crippen LogP contribution in [0.4, 0.5) is 13.2 Å². The van der Waals surface area contributed by atoms with Crippen LogP contribution in [0.15, 0.2) is 30.3 Å². The highest BCUT2D eigenvalue weighted by Crippen LogP contribution is 2.78. The van der Waals surface area contributed by atoms with Gasteiger partial charge in [-0.3, -0.25) is 9.59 Å². The van der Waals surface area contributed by atoms with Crippen molar-refractivity contribution >= 4 is 11.8 Å². The van der Waals surface area contributed by atoms with Crippen molar-refractivity contribution in [1.82, 2.24) is 10.6 Å². The molecular formula is C19H21F3N2O2. The maximum absolute atomic E-state index is 13.3. The Labute approximate surface area is 149 Å². The molecule has 0 saturated heterocycles. The van der Waals surface area contributed by atoms with Crippen LogP contribution in [0.3, 0.4) is 0 Å². The minimum Gasteiger partial charge on any atom is -0.347 e. The Kier molecular flexibility index (Phi) is 4.00. The first kappa shape index (κ1) is 17.4. The number of amides is 2. The molecule has 1 aromatic carbocycles. The van der Waals surface area contributed by atoms with Crippen molar-refractivity contribution in [3.63, 3.8) is 0 Å². The molecule has 3 unspecified atom stereocenters. The summed E-state index contributed by atoms with van der Waals surface area (Å²) in [5.41, 5.74) is 0.227. The molecule has 5 rings (SSSR count). The van der Waals surface area contributed by atoms with Gasteiger partial charge in [-0.1, -0.05) is 30.3 Å². The molecule has 26 heavy (non-hydrogen) atoms. The van der Waals surface area contributed by atoms with Crippen LogP contribution >= 0.6 is 0 Å². The Morgan fingerprint density at radius 3 is 2.23 bits per heavy atom. The van der Waals surface area contributed by atoms with E-state index in [0.717, 1.165) is 12.3 Å². The lowest BCUT2D eigenvalue weighted by molar-refractivity contribution is -0.152. The highest BCUT2D eigenvalue weighted by Gasteiger charge is 2.73. The first-order valence-corrected chi connectivity index (χ1v) is 8.99. The third-order valence-corrected chi connectivity index (χ3v) is 6.54. The predicted octanol–water partition coefficient (Wildman–Crippen LogP) is 2.61. The van der Waals surface area contributed by atoms with Crippen molar-refractivity contribution in [2.75, 3.05) is 13.1 Å². The number of carbonyl (C=O) groups is 2. The number of halogens is 3. The summed E-state index contributed by atoms with van der Waals surface area (Å²) in [6.07, 6.45) is -0.960. The summed E-state index contributed by atoms with van der Waals surface area (Å²) >= 11 is 0. The monoisotopic (exact) mass is 366 g/mol. The van der Waals surface area contributed by atoms with Crippen LogP contribution in [0.25, 0.3) is 0 Å². The fraction of sp³-hybridized carbons (Fsp3) is 0.579. The summed E-state index contributed by atoms with van der Waals surface area (Å²) in [5.74, 6) is -1.59. The van der Waals surface area contributed by atoms with Gasteiger partial charge in [0.15, 0.2) is 0 Å². The maximum Gasteiger partial charge on any atom is 0.397 e. The van der Waals surface area contributed by atoms with Crippen LogP contribution in [0.2, 0.25) is 0 Å². The normalized spacial score (nSPS) is 32.2. The van der Waals surface area contributed by atoms with E-state index in [1.54, 1.807) is 6.07 Å². The van der Waals surface area contributed by atoms with Crippen LogP contribution in [-0.2, 0) is 9.59 Å². The fourth-order valence-electron chi connectivity index (χ4n) is 5.33. The summed E-state index contributed by atoms with van der Waals surface area (Å²) in [6.45, 7) is -0.190. The lowest BCUT2D eigenvalue weighted by Crippen LogP contribution is -2.44. The van der Waals surface area contributed by atoms with E-state index in [4.69, 9.17) is 0 Å². The van der Waals surface area contributed by atoms with Gasteiger partial charge in [-0.15, -0.1) is 0 Å². The molecule has 2 N–H and O–H groups in total. The first-order valence-electron chi connectivity index (χ1n) is 8.99. The van der Waals surface area contributed by atoms with Gasteiger partial charge in [0.2, 0.25) is 0 Å². The second kappa shape index (κ2) is 5.99. The zero-order valence-electron chi connectivity index (χ0n) is 14.2. The lowest BCUT2D eigenvalue weighted by atomic mass is 9.98. The Hall–Kier alpha value is -2.05. The molecule has 3 atom stereocenters. The van der Waals surface area contributed by atoms with Crippen molar-refractivity contribution < 1.29 is 22.8 Å². The van der Waals surface area contributed by atoms with Gasteiger partial charge in [-0.05, 0) is 48.0 Å². The minimum atomic E-state index is -4.50. The van der Waals surface area contributed by atoms with Gasteiger partial charge in [-0.25, -0.2) is 0 Å². The maximum atomic E-state index is 13.3. The molecule has 0 aliphatic heterocycles. The Bertz CT molecular complexity index is 707.